The molecule has 0 saturated carbocycles. The zero-order chi connectivity index (χ0) is 22.5. The lowest BCUT2D eigenvalue weighted by Crippen LogP contribution is -2.11. The second-order valence-corrected chi connectivity index (χ2v) is 7.57. The lowest BCUT2D eigenvalue weighted by molar-refractivity contribution is 0.102. The topological polar surface area (TPSA) is 76.1 Å². The first-order valence-corrected chi connectivity index (χ1v) is 10.3. The molecule has 4 rings (SSSR count). The third kappa shape index (κ3) is 5.04. The van der Waals surface area contributed by atoms with Gasteiger partial charge < -0.3 is 15.4 Å². The van der Waals surface area contributed by atoms with Crippen LogP contribution in [0.1, 0.15) is 15.9 Å². The lowest BCUT2D eigenvalue weighted by Gasteiger charge is -2.10. The summed E-state index contributed by atoms with van der Waals surface area (Å²) < 4.78 is 5.13. The van der Waals surface area contributed by atoms with Crippen molar-refractivity contribution < 1.29 is 9.53 Å². The minimum atomic E-state index is -0.235. The Kier molecular flexibility index (Phi) is 6.33. The van der Waals surface area contributed by atoms with Gasteiger partial charge in [0.1, 0.15) is 17.9 Å². The van der Waals surface area contributed by atoms with E-state index in [1.807, 2.05) is 43.3 Å². The van der Waals surface area contributed by atoms with E-state index in [1.165, 1.54) is 11.9 Å². The van der Waals surface area contributed by atoms with Crippen LogP contribution in [0.15, 0.2) is 79.1 Å². The molecule has 3 aromatic carbocycles. The van der Waals surface area contributed by atoms with Crippen molar-refractivity contribution in [3.63, 3.8) is 0 Å². The molecule has 0 atom stereocenters. The standard InChI is InChI=1S/C25H21ClN4O2/c1-16-4-3-5-18(12-16)22-14-24(28-15-27-22)29-19-8-6-17(7-9-19)25(31)30-20-10-11-23(32-2)21(26)13-20/h3-15H,1-2H3,(H,30,31)(H,27,28,29). The number of hydrogen-bond donors (Lipinski definition) is 2. The summed E-state index contributed by atoms with van der Waals surface area (Å²) in [5.41, 5.74) is 4.95. The molecule has 0 aliphatic heterocycles. The fourth-order valence-corrected chi connectivity index (χ4v) is 3.45. The van der Waals surface area contributed by atoms with Gasteiger partial charge in [0.15, 0.2) is 0 Å². The first kappa shape index (κ1) is 21.3. The van der Waals surface area contributed by atoms with E-state index in [9.17, 15) is 4.79 Å². The van der Waals surface area contributed by atoms with Crippen molar-refractivity contribution in [1.29, 1.82) is 0 Å². The quantitative estimate of drug-likeness (QED) is 0.375. The van der Waals surface area contributed by atoms with E-state index in [0.29, 0.717) is 27.8 Å². The third-order valence-corrected chi connectivity index (χ3v) is 5.11. The van der Waals surface area contributed by atoms with Gasteiger partial charge in [-0.3, -0.25) is 4.79 Å². The molecule has 32 heavy (non-hydrogen) atoms. The molecule has 0 fully saturated rings. The molecule has 0 radical (unpaired) electrons. The molecule has 1 heterocycles. The van der Waals surface area contributed by atoms with Gasteiger partial charge in [-0.1, -0.05) is 35.4 Å². The van der Waals surface area contributed by atoms with Crippen LogP contribution >= 0.6 is 11.6 Å². The van der Waals surface area contributed by atoms with Gasteiger partial charge in [0.2, 0.25) is 0 Å². The molecule has 0 aliphatic carbocycles. The van der Waals surface area contributed by atoms with Crippen molar-refractivity contribution >= 4 is 34.7 Å². The smallest absolute Gasteiger partial charge is 0.255 e. The number of ether oxygens (including phenoxy) is 1. The van der Waals surface area contributed by atoms with Crippen molar-refractivity contribution in [2.24, 2.45) is 0 Å². The largest absolute Gasteiger partial charge is 0.495 e. The van der Waals surface area contributed by atoms with Gasteiger partial charge in [0.25, 0.3) is 5.91 Å². The minimum Gasteiger partial charge on any atom is -0.495 e. The number of aromatic nitrogens is 2. The Morgan fingerprint density at radius 1 is 0.938 bits per heavy atom. The Labute approximate surface area is 191 Å². The van der Waals surface area contributed by atoms with Crippen LogP contribution < -0.4 is 15.4 Å². The first-order chi connectivity index (χ1) is 15.5. The Morgan fingerprint density at radius 2 is 1.72 bits per heavy atom. The van der Waals surface area contributed by atoms with Crippen molar-refractivity contribution in [2.75, 3.05) is 17.7 Å². The van der Waals surface area contributed by atoms with Crippen molar-refractivity contribution in [2.45, 2.75) is 6.92 Å². The number of nitrogens with zero attached hydrogens (tertiary/aromatic N) is 2. The van der Waals surface area contributed by atoms with Crippen molar-refractivity contribution in [3.8, 4) is 17.0 Å². The Hall–Kier alpha value is -3.90. The van der Waals surface area contributed by atoms with E-state index < -0.39 is 0 Å². The number of rotatable bonds is 6. The molecule has 2 N–H and O–H groups in total. The van der Waals surface area contributed by atoms with E-state index in [1.54, 1.807) is 37.4 Å². The molecule has 1 aromatic heterocycles. The third-order valence-electron chi connectivity index (χ3n) is 4.81. The molecule has 160 valence electrons. The van der Waals surface area contributed by atoms with E-state index in [4.69, 9.17) is 16.3 Å². The second-order valence-electron chi connectivity index (χ2n) is 7.16. The van der Waals surface area contributed by atoms with Gasteiger partial charge in [-0.05, 0) is 55.5 Å². The maximum Gasteiger partial charge on any atom is 0.255 e. The molecular formula is C25H21ClN4O2. The van der Waals surface area contributed by atoms with Gasteiger partial charge in [-0.15, -0.1) is 0 Å². The summed E-state index contributed by atoms with van der Waals surface area (Å²) in [6.07, 6.45) is 1.53. The predicted octanol–water partition coefficient (Wildman–Crippen LogP) is 6.11. The molecule has 7 heteroatoms. The minimum absolute atomic E-state index is 0.235. The number of amides is 1. The maximum atomic E-state index is 12.6. The molecule has 0 bridgehead atoms. The van der Waals surface area contributed by atoms with Gasteiger partial charge in [-0.25, -0.2) is 9.97 Å². The van der Waals surface area contributed by atoms with Crippen LogP contribution in [-0.4, -0.2) is 23.0 Å². The van der Waals surface area contributed by atoms with Gasteiger partial charge in [-0.2, -0.15) is 0 Å². The first-order valence-electron chi connectivity index (χ1n) is 9.93. The maximum absolute atomic E-state index is 12.6. The van der Waals surface area contributed by atoms with Gasteiger partial charge in [0.05, 0.1) is 17.8 Å². The number of halogens is 1. The van der Waals surface area contributed by atoms with Crippen LogP contribution in [0.3, 0.4) is 0 Å². The zero-order valence-electron chi connectivity index (χ0n) is 17.6. The van der Waals surface area contributed by atoms with Crippen LogP contribution in [-0.2, 0) is 0 Å². The van der Waals surface area contributed by atoms with Gasteiger partial charge >= 0.3 is 0 Å². The number of hydrogen-bond acceptors (Lipinski definition) is 5. The SMILES string of the molecule is COc1ccc(NC(=O)c2ccc(Nc3cc(-c4cccc(C)c4)ncn3)cc2)cc1Cl. The molecule has 1 amide bonds. The number of anilines is 3. The van der Waals surface area contributed by atoms with Crippen molar-refractivity contribution in [1.82, 2.24) is 9.97 Å². The monoisotopic (exact) mass is 444 g/mol. The van der Waals surface area contributed by atoms with Gasteiger partial charge in [0, 0.05) is 28.6 Å². The van der Waals surface area contributed by atoms with Crippen LogP contribution in [0, 0.1) is 6.92 Å². The number of nitrogens with one attached hydrogen (secondary N) is 2. The van der Waals surface area contributed by atoms with E-state index >= 15 is 0 Å². The zero-order valence-corrected chi connectivity index (χ0v) is 18.4. The van der Waals surface area contributed by atoms with Crippen molar-refractivity contribution in [3.05, 3.63) is 95.3 Å². The molecular weight excluding hydrogens is 424 g/mol. The summed E-state index contributed by atoms with van der Waals surface area (Å²) in [7, 11) is 1.54. The number of methoxy groups -OCH3 is 1. The molecule has 6 nitrogen and oxygen atoms in total. The molecule has 0 unspecified atom stereocenters. The summed E-state index contributed by atoms with van der Waals surface area (Å²) >= 11 is 6.12. The fraction of sp³-hybridized carbons (Fsp3) is 0.0800. The summed E-state index contributed by atoms with van der Waals surface area (Å²) in [6.45, 7) is 2.05. The predicted molar refractivity (Wildman–Crippen MR) is 128 cm³/mol. The normalized spacial score (nSPS) is 10.5. The average molecular weight is 445 g/mol. The van der Waals surface area contributed by atoms with E-state index in [-0.39, 0.29) is 5.91 Å². The average Bonchev–Trinajstić information content (AvgIpc) is 2.80. The summed E-state index contributed by atoms with van der Waals surface area (Å²) in [5, 5.41) is 6.51. The summed E-state index contributed by atoms with van der Waals surface area (Å²) in [6, 6.07) is 22.3. The Bertz CT molecular complexity index is 1260. The fourth-order valence-electron chi connectivity index (χ4n) is 3.19. The molecule has 4 aromatic rings. The van der Waals surface area contributed by atoms with Crippen LogP contribution in [0.2, 0.25) is 5.02 Å². The van der Waals surface area contributed by atoms with Crippen LogP contribution in [0.5, 0.6) is 5.75 Å². The lowest BCUT2D eigenvalue weighted by atomic mass is 10.1. The summed E-state index contributed by atoms with van der Waals surface area (Å²) in [5.74, 6) is 0.985. The van der Waals surface area contributed by atoms with Crippen LogP contribution in [0.25, 0.3) is 11.3 Å². The number of benzene rings is 3. The highest BCUT2D eigenvalue weighted by atomic mass is 35.5. The Morgan fingerprint density at radius 3 is 2.44 bits per heavy atom. The van der Waals surface area contributed by atoms with E-state index in [0.717, 1.165) is 16.9 Å². The Balaban J connectivity index is 1.44. The van der Waals surface area contributed by atoms with Crippen LogP contribution in [0.4, 0.5) is 17.2 Å². The number of carbonyl (C=O) groups is 1. The molecule has 0 saturated heterocycles. The number of carbonyl (C=O) groups excluding carboxylic acids is 1. The number of aryl methyl sites for hydroxylation is 1. The van der Waals surface area contributed by atoms with E-state index in [2.05, 4.69) is 26.7 Å². The highest BCUT2D eigenvalue weighted by molar-refractivity contribution is 6.32. The highest BCUT2D eigenvalue weighted by Gasteiger charge is 2.09. The summed E-state index contributed by atoms with van der Waals surface area (Å²) in [4.78, 5) is 21.2. The molecule has 0 aliphatic rings. The highest BCUT2D eigenvalue weighted by Crippen LogP contribution is 2.27. The molecule has 0 spiro atoms. The second kappa shape index (κ2) is 9.49.